The summed E-state index contributed by atoms with van der Waals surface area (Å²) in [5.41, 5.74) is 0.341. The van der Waals surface area contributed by atoms with Crippen LogP contribution in [0.5, 0.6) is 0 Å². The Labute approximate surface area is 107 Å². The van der Waals surface area contributed by atoms with Crippen LogP contribution in [0.25, 0.3) is 0 Å². The van der Waals surface area contributed by atoms with Crippen molar-refractivity contribution in [2.24, 2.45) is 11.8 Å². The van der Waals surface area contributed by atoms with E-state index in [9.17, 15) is 9.18 Å². The van der Waals surface area contributed by atoms with E-state index in [1.807, 2.05) is 0 Å². The Morgan fingerprint density at radius 2 is 2.22 bits per heavy atom. The zero-order valence-corrected chi connectivity index (χ0v) is 10.8. The number of pyridine rings is 1. The summed E-state index contributed by atoms with van der Waals surface area (Å²) in [5, 5.41) is 3.01. The molecule has 1 aliphatic rings. The van der Waals surface area contributed by atoms with E-state index < -0.39 is 5.95 Å². The molecule has 3 nitrogen and oxygen atoms in total. The molecule has 1 fully saturated rings. The summed E-state index contributed by atoms with van der Waals surface area (Å²) < 4.78 is 13.0. The number of hydrogen-bond donors (Lipinski definition) is 1. The van der Waals surface area contributed by atoms with Gasteiger partial charge in [0.1, 0.15) is 0 Å². The number of carbonyl (C=O) groups is 1. The minimum Gasteiger partial charge on any atom is -0.349 e. The summed E-state index contributed by atoms with van der Waals surface area (Å²) in [4.78, 5) is 15.5. The highest BCUT2D eigenvalue weighted by Gasteiger charge is 2.28. The van der Waals surface area contributed by atoms with Crippen molar-refractivity contribution in [1.29, 1.82) is 0 Å². The van der Waals surface area contributed by atoms with Gasteiger partial charge in [-0.25, -0.2) is 4.98 Å². The summed E-state index contributed by atoms with van der Waals surface area (Å²) in [6, 6.07) is 2.90. The van der Waals surface area contributed by atoms with Crippen molar-refractivity contribution in [3.63, 3.8) is 0 Å². The topological polar surface area (TPSA) is 42.0 Å². The van der Waals surface area contributed by atoms with Gasteiger partial charge in [0.05, 0.1) is 0 Å². The van der Waals surface area contributed by atoms with Crippen LogP contribution in [0, 0.1) is 17.8 Å². The maximum atomic E-state index is 13.0. The fourth-order valence-electron chi connectivity index (χ4n) is 2.58. The van der Waals surface area contributed by atoms with E-state index in [4.69, 9.17) is 0 Å². The van der Waals surface area contributed by atoms with E-state index in [1.54, 1.807) is 0 Å². The molecule has 2 rings (SSSR count). The normalized spacial score (nSPS) is 27.8. The molecule has 1 amide bonds. The third kappa shape index (κ3) is 2.86. The minimum absolute atomic E-state index is 0.192. The third-order valence-electron chi connectivity index (χ3n) is 4.01. The SMILES string of the molecule is C[C@@H]1[C@@H](C)CCC[C@H]1NC(=O)c1ccnc(F)c1. The standard InChI is InChI=1S/C14H19FN2O/c1-9-4-3-5-12(10(9)2)17-14(18)11-6-7-16-13(15)8-11/h6-10,12H,3-5H2,1-2H3,(H,17,18)/t9-,10+,12+/m0/s1. The van der Waals surface area contributed by atoms with Crippen LogP contribution >= 0.6 is 0 Å². The lowest BCUT2D eigenvalue weighted by Gasteiger charge is -2.34. The zero-order chi connectivity index (χ0) is 13.1. The Morgan fingerprint density at radius 3 is 2.94 bits per heavy atom. The Kier molecular flexibility index (Phi) is 3.94. The van der Waals surface area contributed by atoms with Crippen molar-refractivity contribution in [2.45, 2.75) is 39.2 Å². The number of aromatic nitrogens is 1. The molecule has 98 valence electrons. The molecule has 1 aromatic heterocycles. The Balaban J connectivity index is 2.03. The smallest absolute Gasteiger partial charge is 0.251 e. The number of amides is 1. The molecular formula is C14H19FN2O. The molecule has 18 heavy (non-hydrogen) atoms. The molecule has 4 heteroatoms. The number of rotatable bonds is 2. The summed E-state index contributed by atoms with van der Waals surface area (Å²) in [6.45, 7) is 4.39. The molecule has 1 aromatic rings. The predicted molar refractivity (Wildman–Crippen MR) is 67.6 cm³/mol. The molecule has 1 N–H and O–H groups in total. The highest BCUT2D eigenvalue weighted by Crippen LogP contribution is 2.29. The van der Waals surface area contributed by atoms with Gasteiger partial charge in [-0.05, 0) is 24.3 Å². The third-order valence-corrected chi connectivity index (χ3v) is 4.01. The fraction of sp³-hybridized carbons (Fsp3) is 0.571. The van der Waals surface area contributed by atoms with E-state index in [0.717, 1.165) is 12.8 Å². The number of nitrogens with zero attached hydrogens (tertiary/aromatic N) is 1. The van der Waals surface area contributed by atoms with Gasteiger partial charge < -0.3 is 5.32 Å². The van der Waals surface area contributed by atoms with Crippen molar-refractivity contribution in [3.8, 4) is 0 Å². The van der Waals surface area contributed by atoms with Crippen LogP contribution < -0.4 is 5.32 Å². The summed E-state index contributed by atoms with van der Waals surface area (Å²) in [5.74, 6) is 0.266. The van der Waals surface area contributed by atoms with Gasteiger partial charge in [0.15, 0.2) is 0 Å². The fourth-order valence-corrected chi connectivity index (χ4v) is 2.58. The second-order valence-corrected chi connectivity index (χ2v) is 5.21. The lowest BCUT2D eigenvalue weighted by atomic mass is 9.78. The molecule has 1 saturated carbocycles. The van der Waals surface area contributed by atoms with Crippen LogP contribution in [0.1, 0.15) is 43.5 Å². The zero-order valence-electron chi connectivity index (χ0n) is 10.8. The Bertz CT molecular complexity index is 436. The van der Waals surface area contributed by atoms with Crippen molar-refractivity contribution >= 4 is 5.91 Å². The Morgan fingerprint density at radius 1 is 1.44 bits per heavy atom. The molecule has 0 aliphatic heterocycles. The second-order valence-electron chi connectivity index (χ2n) is 5.21. The monoisotopic (exact) mass is 250 g/mol. The van der Waals surface area contributed by atoms with Gasteiger partial charge in [-0.3, -0.25) is 4.79 Å². The van der Waals surface area contributed by atoms with Crippen LogP contribution in [-0.4, -0.2) is 16.9 Å². The summed E-state index contributed by atoms with van der Waals surface area (Å²) >= 11 is 0. The van der Waals surface area contributed by atoms with Crippen molar-refractivity contribution in [1.82, 2.24) is 10.3 Å². The van der Waals surface area contributed by atoms with Crippen LogP contribution in [0.2, 0.25) is 0 Å². The van der Waals surface area contributed by atoms with Gasteiger partial charge in [0.2, 0.25) is 5.95 Å². The van der Waals surface area contributed by atoms with Crippen LogP contribution in [-0.2, 0) is 0 Å². The van der Waals surface area contributed by atoms with E-state index in [1.165, 1.54) is 24.8 Å². The number of carbonyl (C=O) groups excluding carboxylic acids is 1. The molecule has 0 unspecified atom stereocenters. The predicted octanol–water partition coefficient (Wildman–Crippen LogP) is 2.78. The molecule has 0 bridgehead atoms. The van der Waals surface area contributed by atoms with E-state index in [2.05, 4.69) is 24.1 Å². The van der Waals surface area contributed by atoms with Crippen LogP contribution in [0.3, 0.4) is 0 Å². The molecular weight excluding hydrogens is 231 g/mol. The average molecular weight is 250 g/mol. The van der Waals surface area contributed by atoms with Crippen LogP contribution in [0.4, 0.5) is 4.39 Å². The van der Waals surface area contributed by atoms with E-state index >= 15 is 0 Å². The lowest BCUT2D eigenvalue weighted by molar-refractivity contribution is 0.0890. The van der Waals surface area contributed by atoms with Gasteiger partial charge in [-0.1, -0.05) is 26.7 Å². The maximum Gasteiger partial charge on any atom is 0.251 e. The Hall–Kier alpha value is -1.45. The first kappa shape index (κ1) is 13.0. The molecule has 1 aliphatic carbocycles. The number of nitrogens with one attached hydrogen (secondary N) is 1. The second kappa shape index (κ2) is 5.46. The van der Waals surface area contributed by atoms with Crippen molar-refractivity contribution in [2.75, 3.05) is 0 Å². The van der Waals surface area contributed by atoms with Crippen LogP contribution in [0.15, 0.2) is 18.3 Å². The summed E-state index contributed by atoms with van der Waals surface area (Å²) in [6.07, 6.45) is 4.68. The molecule has 0 spiro atoms. The van der Waals surface area contributed by atoms with Gasteiger partial charge in [-0.15, -0.1) is 0 Å². The average Bonchev–Trinajstić information content (AvgIpc) is 2.35. The first-order valence-corrected chi connectivity index (χ1v) is 6.50. The minimum atomic E-state index is -0.618. The molecule has 0 radical (unpaired) electrons. The van der Waals surface area contributed by atoms with Crippen molar-refractivity contribution in [3.05, 3.63) is 29.8 Å². The molecule has 1 heterocycles. The van der Waals surface area contributed by atoms with E-state index in [0.29, 0.717) is 17.4 Å². The van der Waals surface area contributed by atoms with E-state index in [-0.39, 0.29) is 11.9 Å². The highest BCUT2D eigenvalue weighted by atomic mass is 19.1. The molecule has 0 aromatic carbocycles. The van der Waals surface area contributed by atoms with Crippen molar-refractivity contribution < 1.29 is 9.18 Å². The van der Waals surface area contributed by atoms with Gasteiger partial charge in [0.25, 0.3) is 5.91 Å². The quantitative estimate of drug-likeness (QED) is 0.820. The van der Waals surface area contributed by atoms with Gasteiger partial charge >= 0.3 is 0 Å². The maximum absolute atomic E-state index is 13.0. The lowest BCUT2D eigenvalue weighted by Crippen LogP contribution is -2.43. The number of hydrogen-bond acceptors (Lipinski definition) is 2. The van der Waals surface area contributed by atoms with Gasteiger partial charge in [-0.2, -0.15) is 4.39 Å². The highest BCUT2D eigenvalue weighted by molar-refractivity contribution is 5.94. The first-order chi connectivity index (χ1) is 8.58. The number of halogens is 1. The summed E-state index contributed by atoms with van der Waals surface area (Å²) in [7, 11) is 0. The van der Waals surface area contributed by atoms with Gasteiger partial charge in [0, 0.05) is 23.9 Å². The largest absolute Gasteiger partial charge is 0.349 e. The first-order valence-electron chi connectivity index (χ1n) is 6.50. The molecule has 3 atom stereocenters. The molecule has 0 saturated heterocycles.